The maximum Gasteiger partial charge on any atom is 0.170 e. The monoisotopic (exact) mass is 454 g/mol. The number of hydrogen-bond donors (Lipinski definition) is 1. The van der Waals surface area contributed by atoms with Crippen LogP contribution in [0.1, 0.15) is 46.0 Å². The van der Waals surface area contributed by atoms with Crippen molar-refractivity contribution in [3.63, 3.8) is 0 Å². The highest BCUT2D eigenvalue weighted by molar-refractivity contribution is 7.80. The molecular formula is C26H26N6S. The third-order valence-corrected chi connectivity index (χ3v) is 6.52. The van der Waals surface area contributed by atoms with Crippen LogP contribution in [0.2, 0.25) is 0 Å². The SMILES string of the molecule is Cc1ccc(-n2c(C)cc(C3C(c4ccccn4)NC(=S)N3Cc3ccccn3)c2C)nc1. The molecule has 5 rings (SSSR count). The van der Waals surface area contributed by atoms with E-state index in [2.05, 4.69) is 74.8 Å². The van der Waals surface area contributed by atoms with Crippen molar-refractivity contribution in [3.05, 3.63) is 107 Å². The number of aryl methyl sites for hydroxylation is 2. The average molecular weight is 455 g/mol. The van der Waals surface area contributed by atoms with Gasteiger partial charge >= 0.3 is 0 Å². The summed E-state index contributed by atoms with van der Waals surface area (Å²) >= 11 is 5.82. The van der Waals surface area contributed by atoms with E-state index in [0.29, 0.717) is 11.7 Å². The number of pyridine rings is 3. The first-order chi connectivity index (χ1) is 16.0. The molecule has 4 aromatic heterocycles. The maximum absolute atomic E-state index is 5.82. The van der Waals surface area contributed by atoms with E-state index in [1.165, 1.54) is 5.56 Å². The van der Waals surface area contributed by atoms with Gasteiger partial charge in [0, 0.05) is 30.0 Å². The number of nitrogens with zero attached hydrogens (tertiary/aromatic N) is 5. The normalized spacial score (nSPS) is 17.9. The van der Waals surface area contributed by atoms with Crippen molar-refractivity contribution in [2.24, 2.45) is 0 Å². The Morgan fingerprint density at radius 3 is 2.39 bits per heavy atom. The number of rotatable bonds is 5. The van der Waals surface area contributed by atoms with Gasteiger partial charge in [0.25, 0.3) is 0 Å². The van der Waals surface area contributed by atoms with E-state index in [1.807, 2.05) is 48.9 Å². The van der Waals surface area contributed by atoms with Crippen LogP contribution in [0.25, 0.3) is 5.82 Å². The maximum atomic E-state index is 5.82. The Morgan fingerprint density at radius 1 is 0.939 bits per heavy atom. The fraction of sp³-hybridized carbons (Fsp3) is 0.231. The second-order valence-corrected chi connectivity index (χ2v) is 8.82. The molecule has 4 aromatic rings. The molecule has 0 bridgehead atoms. The Bertz CT molecular complexity index is 1270. The predicted molar refractivity (Wildman–Crippen MR) is 133 cm³/mol. The summed E-state index contributed by atoms with van der Waals surface area (Å²) in [4.78, 5) is 16.1. The van der Waals surface area contributed by atoms with E-state index in [-0.39, 0.29) is 12.1 Å². The molecule has 2 unspecified atom stereocenters. The van der Waals surface area contributed by atoms with Crippen molar-refractivity contribution in [3.8, 4) is 5.82 Å². The van der Waals surface area contributed by atoms with E-state index in [9.17, 15) is 0 Å². The van der Waals surface area contributed by atoms with Crippen LogP contribution < -0.4 is 5.32 Å². The van der Waals surface area contributed by atoms with Gasteiger partial charge in [-0.05, 0) is 80.5 Å². The molecule has 2 atom stereocenters. The molecule has 1 aliphatic heterocycles. The van der Waals surface area contributed by atoms with E-state index < -0.39 is 0 Å². The predicted octanol–water partition coefficient (Wildman–Crippen LogP) is 4.76. The van der Waals surface area contributed by atoms with Gasteiger partial charge in [-0.3, -0.25) is 9.97 Å². The molecule has 0 amide bonds. The molecule has 6 nitrogen and oxygen atoms in total. The van der Waals surface area contributed by atoms with Crippen LogP contribution in [-0.4, -0.2) is 29.5 Å². The van der Waals surface area contributed by atoms with Crippen LogP contribution in [0.15, 0.2) is 73.2 Å². The highest BCUT2D eigenvalue weighted by Gasteiger charge is 2.41. The Hall–Kier alpha value is -3.58. The van der Waals surface area contributed by atoms with Crippen LogP contribution in [-0.2, 0) is 6.54 Å². The fourth-order valence-corrected chi connectivity index (χ4v) is 4.92. The van der Waals surface area contributed by atoms with Gasteiger partial charge < -0.3 is 14.8 Å². The number of aromatic nitrogens is 4. The smallest absolute Gasteiger partial charge is 0.170 e. The standard InChI is InChI=1S/C26H26N6S/c1-17-10-11-23(29-15-17)32-18(2)14-21(19(32)3)25-24(22-9-5-7-13-28-22)30-26(33)31(25)16-20-8-4-6-12-27-20/h4-15,24-25H,16H2,1-3H3,(H,30,33). The fourth-order valence-electron chi connectivity index (χ4n) is 4.61. The molecule has 1 fully saturated rings. The first kappa shape index (κ1) is 21.3. The molecule has 1 aliphatic rings. The summed E-state index contributed by atoms with van der Waals surface area (Å²) in [6.45, 7) is 6.94. The molecule has 0 radical (unpaired) electrons. The van der Waals surface area contributed by atoms with Crippen molar-refractivity contribution in [1.82, 2.24) is 29.7 Å². The Balaban J connectivity index is 1.61. The molecule has 7 heteroatoms. The van der Waals surface area contributed by atoms with Crippen molar-refractivity contribution < 1.29 is 0 Å². The van der Waals surface area contributed by atoms with Gasteiger partial charge in [-0.1, -0.05) is 18.2 Å². The van der Waals surface area contributed by atoms with E-state index >= 15 is 0 Å². The lowest BCUT2D eigenvalue weighted by Crippen LogP contribution is -2.29. The van der Waals surface area contributed by atoms with Crippen molar-refractivity contribution in [1.29, 1.82) is 0 Å². The zero-order chi connectivity index (χ0) is 22.9. The van der Waals surface area contributed by atoms with Crippen LogP contribution >= 0.6 is 12.2 Å². The third-order valence-electron chi connectivity index (χ3n) is 6.17. The number of hydrogen-bond acceptors (Lipinski definition) is 4. The number of thiocarbonyl (C=S) groups is 1. The van der Waals surface area contributed by atoms with E-state index in [4.69, 9.17) is 12.2 Å². The Kier molecular flexibility index (Phi) is 5.64. The van der Waals surface area contributed by atoms with Gasteiger partial charge in [0.15, 0.2) is 5.11 Å². The zero-order valence-electron chi connectivity index (χ0n) is 18.9. The lowest BCUT2D eigenvalue weighted by Gasteiger charge is -2.28. The molecule has 1 saturated heterocycles. The molecule has 33 heavy (non-hydrogen) atoms. The van der Waals surface area contributed by atoms with E-state index in [1.54, 1.807) is 0 Å². The summed E-state index contributed by atoms with van der Waals surface area (Å²) in [6, 6.07) is 18.3. The highest BCUT2D eigenvalue weighted by atomic mass is 32.1. The molecule has 0 aliphatic carbocycles. The Labute approximate surface area is 199 Å². The Morgan fingerprint density at radius 2 is 1.73 bits per heavy atom. The highest BCUT2D eigenvalue weighted by Crippen LogP contribution is 2.41. The van der Waals surface area contributed by atoms with Gasteiger partial charge in [-0.15, -0.1) is 0 Å². The summed E-state index contributed by atoms with van der Waals surface area (Å²) in [6.07, 6.45) is 5.56. The molecule has 0 aromatic carbocycles. The van der Waals surface area contributed by atoms with Crippen molar-refractivity contribution in [2.45, 2.75) is 39.4 Å². The summed E-state index contributed by atoms with van der Waals surface area (Å²) in [7, 11) is 0. The zero-order valence-corrected chi connectivity index (χ0v) is 19.8. The second-order valence-electron chi connectivity index (χ2n) is 8.43. The van der Waals surface area contributed by atoms with Crippen LogP contribution in [0.5, 0.6) is 0 Å². The summed E-state index contributed by atoms with van der Waals surface area (Å²) < 4.78 is 2.21. The minimum Gasteiger partial charge on any atom is -0.352 e. The minimum absolute atomic E-state index is 0.0280. The molecule has 1 N–H and O–H groups in total. The quantitative estimate of drug-likeness (QED) is 0.439. The average Bonchev–Trinajstić information content (AvgIpc) is 3.31. The lowest BCUT2D eigenvalue weighted by atomic mass is 9.96. The molecule has 0 saturated carbocycles. The van der Waals surface area contributed by atoms with Crippen molar-refractivity contribution >= 4 is 17.3 Å². The van der Waals surface area contributed by atoms with Crippen LogP contribution in [0.4, 0.5) is 0 Å². The van der Waals surface area contributed by atoms with Crippen LogP contribution in [0, 0.1) is 20.8 Å². The van der Waals surface area contributed by atoms with Gasteiger partial charge in [0.2, 0.25) is 0 Å². The topological polar surface area (TPSA) is 58.9 Å². The molecule has 5 heterocycles. The molecule has 166 valence electrons. The molecular weight excluding hydrogens is 428 g/mol. The van der Waals surface area contributed by atoms with Crippen LogP contribution in [0.3, 0.4) is 0 Å². The van der Waals surface area contributed by atoms with Gasteiger partial charge in [0.05, 0.1) is 30.0 Å². The third kappa shape index (κ3) is 4.00. The summed E-state index contributed by atoms with van der Waals surface area (Å²) in [5.74, 6) is 0.918. The van der Waals surface area contributed by atoms with Gasteiger partial charge in [-0.2, -0.15) is 0 Å². The first-order valence-electron chi connectivity index (χ1n) is 11.0. The number of nitrogens with one attached hydrogen (secondary N) is 1. The summed E-state index contributed by atoms with van der Waals surface area (Å²) in [5.41, 5.74) is 6.56. The second kappa shape index (κ2) is 8.75. The van der Waals surface area contributed by atoms with Gasteiger partial charge in [-0.25, -0.2) is 4.98 Å². The van der Waals surface area contributed by atoms with Crippen molar-refractivity contribution in [2.75, 3.05) is 0 Å². The lowest BCUT2D eigenvalue weighted by molar-refractivity contribution is 0.307. The molecule has 0 spiro atoms. The first-order valence-corrected chi connectivity index (χ1v) is 11.4. The minimum atomic E-state index is -0.0673. The summed E-state index contributed by atoms with van der Waals surface area (Å²) in [5, 5.41) is 4.24. The largest absolute Gasteiger partial charge is 0.352 e. The van der Waals surface area contributed by atoms with Gasteiger partial charge in [0.1, 0.15) is 5.82 Å². The van der Waals surface area contributed by atoms with E-state index in [0.717, 1.165) is 34.2 Å².